The lowest BCUT2D eigenvalue weighted by atomic mass is 10.1. The van der Waals surface area contributed by atoms with E-state index in [1.165, 1.54) is 6.92 Å². The molecule has 15 heavy (non-hydrogen) atoms. The molecule has 0 fully saturated rings. The van der Waals surface area contributed by atoms with Gasteiger partial charge in [-0.1, -0.05) is 13.8 Å². The highest BCUT2D eigenvalue weighted by atomic mass is 35.5. The molecular weight excluding hydrogens is 238 g/mol. The Hall–Kier alpha value is -0.290. The van der Waals surface area contributed by atoms with Gasteiger partial charge in [-0.05, 0) is 12.8 Å². The SMILES string of the molecule is CC(C)C(Cl)CNC(=O)C(C)S(C)(=O)=O. The third kappa shape index (κ3) is 5.37. The Morgan fingerprint density at radius 2 is 1.80 bits per heavy atom. The van der Waals surface area contributed by atoms with Gasteiger partial charge in [0.2, 0.25) is 5.91 Å². The van der Waals surface area contributed by atoms with E-state index in [2.05, 4.69) is 5.32 Å². The van der Waals surface area contributed by atoms with E-state index in [1.807, 2.05) is 13.8 Å². The minimum atomic E-state index is -3.33. The average molecular weight is 256 g/mol. The molecule has 0 aromatic rings. The van der Waals surface area contributed by atoms with Crippen molar-refractivity contribution >= 4 is 27.3 Å². The van der Waals surface area contributed by atoms with Gasteiger partial charge in [0.1, 0.15) is 5.25 Å². The summed E-state index contributed by atoms with van der Waals surface area (Å²) < 4.78 is 22.1. The molecular formula is C9H18ClNO3S. The second-order valence-corrected chi connectivity index (χ2v) is 6.90. The van der Waals surface area contributed by atoms with Crippen molar-refractivity contribution in [2.45, 2.75) is 31.4 Å². The minimum absolute atomic E-state index is 0.180. The first-order valence-electron chi connectivity index (χ1n) is 4.77. The number of carbonyl (C=O) groups is 1. The smallest absolute Gasteiger partial charge is 0.238 e. The van der Waals surface area contributed by atoms with Crippen molar-refractivity contribution in [3.05, 3.63) is 0 Å². The van der Waals surface area contributed by atoms with Crippen LogP contribution >= 0.6 is 11.6 Å². The molecule has 4 nitrogen and oxygen atoms in total. The summed E-state index contributed by atoms with van der Waals surface area (Å²) >= 11 is 5.91. The quantitative estimate of drug-likeness (QED) is 0.739. The molecule has 0 rings (SSSR count). The largest absolute Gasteiger partial charge is 0.353 e. The predicted molar refractivity (Wildman–Crippen MR) is 61.8 cm³/mol. The first-order chi connectivity index (χ1) is 6.66. The monoisotopic (exact) mass is 255 g/mol. The number of rotatable bonds is 5. The van der Waals surface area contributed by atoms with Gasteiger partial charge in [-0.3, -0.25) is 4.79 Å². The molecule has 0 aromatic carbocycles. The number of halogens is 1. The van der Waals surface area contributed by atoms with Crippen molar-refractivity contribution in [3.63, 3.8) is 0 Å². The van der Waals surface area contributed by atoms with E-state index >= 15 is 0 Å². The van der Waals surface area contributed by atoms with Crippen molar-refractivity contribution in [3.8, 4) is 0 Å². The van der Waals surface area contributed by atoms with Crippen LogP contribution in [-0.4, -0.2) is 37.8 Å². The Labute approximate surface area is 96.3 Å². The molecule has 90 valence electrons. The van der Waals surface area contributed by atoms with E-state index < -0.39 is 21.0 Å². The molecule has 0 spiro atoms. The van der Waals surface area contributed by atoms with Gasteiger partial charge in [0.05, 0.1) is 5.38 Å². The number of nitrogens with one attached hydrogen (secondary N) is 1. The highest BCUT2D eigenvalue weighted by molar-refractivity contribution is 7.92. The van der Waals surface area contributed by atoms with E-state index in [9.17, 15) is 13.2 Å². The van der Waals surface area contributed by atoms with Crippen LogP contribution < -0.4 is 5.32 Å². The van der Waals surface area contributed by atoms with Crippen LogP contribution in [0.2, 0.25) is 0 Å². The molecule has 0 saturated carbocycles. The predicted octanol–water partition coefficient (Wildman–Crippen LogP) is 0.799. The van der Waals surface area contributed by atoms with Crippen LogP contribution in [0.1, 0.15) is 20.8 Å². The first-order valence-corrected chi connectivity index (χ1v) is 7.16. The zero-order valence-corrected chi connectivity index (χ0v) is 11.0. The summed E-state index contributed by atoms with van der Waals surface area (Å²) in [5, 5.41) is 1.32. The molecule has 0 aromatic heterocycles. The number of alkyl halides is 1. The second-order valence-electron chi connectivity index (χ2n) is 3.98. The van der Waals surface area contributed by atoms with E-state index in [-0.39, 0.29) is 17.8 Å². The molecule has 1 amide bonds. The fourth-order valence-corrected chi connectivity index (χ4v) is 1.32. The normalized spacial score (nSPS) is 16.1. The van der Waals surface area contributed by atoms with Crippen molar-refractivity contribution in [2.75, 3.05) is 12.8 Å². The molecule has 0 aliphatic rings. The molecule has 0 radical (unpaired) electrons. The zero-order chi connectivity index (χ0) is 12.2. The van der Waals surface area contributed by atoms with Crippen LogP contribution in [0.3, 0.4) is 0 Å². The van der Waals surface area contributed by atoms with Crippen LogP contribution in [0.5, 0.6) is 0 Å². The highest BCUT2D eigenvalue weighted by Gasteiger charge is 2.23. The van der Waals surface area contributed by atoms with Gasteiger partial charge in [0.15, 0.2) is 9.84 Å². The van der Waals surface area contributed by atoms with Gasteiger partial charge in [-0.25, -0.2) is 8.42 Å². The standard InChI is InChI=1S/C9H18ClNO3S/c1-6(2)8(10)5-11-9(12)7(3)15(4,13)14/h6-8H,5H2,1-4H3,(H,11,12). The third-order valence-corrected chi connectivity index (χ3v) is 4.36. The summed E-state index contributed by atoms with van der Waals surface area (Å²) in [4.78, 5) is 11.4. The number of sulfone groups is 1. The maximum atomic E-state index is 11.4. The van der Waals surface area contributed by atoms with Crippen LogP contribution in [0.4, 0.5) is 0 Å². The maximum absolute atomic E-state index is 11.4. The number of carbonyl (C=O) groups excluding carboxylic acids is 1. The molecule has 1 N–H and O–H groups in total. The maximum Gasteiger partial charge on any atom is 0.238 e. The Morgan fingerprint density at radius 1 is 1.33 bits per heavy atom. The Bertz CT molecular complexity index is 313. The van der Waals surface area contributed by atoms with Crippen LogP contribution in [0.15, 0.2) is 0 Å². The lowest BCUT2D eigenvalue weighted by Crippen LogP contribution is -2.40. The fourth-order valence-electron chi connectivity index (χ4n) is 0.772. The molecule has 6 heteroatoms. The van der Waals surface area contributed by atoms with Crippen molar-refractivity contribution in [1.82, 2.24) is 5.32 Å². The van der Waals surface area contributed by atoms with E-state index in [0.717, 1.165) is 6.26 Å². The van der Waals surface area contributed by atoms with Gasteiger partial charge in [-0.15, -0.1) is 11.6 Å². The molecule has 0 aliphatic carbocycles. The molecule has 0 saturated heterocycles. The Balaban J connectivity index is 4.17. The number of amides is 1. The fraction of sp³-hybridized carbons (Fsp3) is 0.889. The lowest BCUT2D eigenvalue weighted by molar-refractivity contribution is -0.120. The summed E-state index contributed by atoms with van der Waals surface area (Å²) in [6.45, 7) is 5.52. The molecule has 2 atom stereocenters. The number of hydrogen-bond acceptors (Lipinski definition) is 3. The summed E-state index contributed by atoms with van der Waals surface area (Å²) in [5.74, 6) is -0.260. The van der Waals surface area contributed by atoms with Crippen molar-refractivity contribution in [2.24, 2.45) is 5.92 Å². The second kappa shape index (κ2) is 5.70. The summed E-state index contributed by atoms with van der Waals surface area (Å²) in [6.07, 6.45) is 1.04. The highest BCUT2D eigenvalue weighted by Crippen LogP contribution is 2.08. The van der Waals surface area contributed by atoms with Gasteiger partial charge < -0.3 is 5.32 Å². The molecule has 2 unspecified atom stereocenters. The van der Waals surface area contributed by atoms with E-state index in [0.29, 0.717) is 0 Å². The molecule has 0 heterocycles. The first kappa shape index (κ1) is 14.7. The average Bonchev–Trinajstić information content (AvgIpc) is 2.10. The van der Waals surface area contributed by atoms with E-state index in [4.69, 9.17) is 11.6 Å². The Morgan fingerprint density at radius 3 is 2.13 bits per heavy atom. The van der Waals surface area contributed by atoms with E-state index in [1.54, 1.807) is 0 Å². The third-order valence-electron chi connectivity index (χ3n) is 2.21. The summed E-state index contributed by atoms with van der Waals surface area (Å²) in [6, 6.07) is 0. The summed E-state index contributed by atoms with van der Waals surface area (Å²) in [5.41, 5.74) is 0. The van der Waals surface area contributed by atoms with Gasteiger partial charge in [-0.2, -0.15) is 0 Å². The summed E-state index contributed by atoms with van der Waals surface area (Å²) in [7, 11) is -3.33. The van der Waals surface area contributed by atoms with Crippen LogP contribution in [0, 0.1) is 5.92 Å². The molecule has 0 bridgehead atoms. The minimum Gasteiger partial charge on any atom is -0.353 e. The lowest BCUT2D eigenvalue weighted by Gasteiger charge is -2.15. The molecule has 0 aliphatic heterocycles. The van der Waals surface area contributed by atoms with Gasteiger partial charge >= 0.3 is 0 Å². The number of hydrogen-bond donors (Lipinski definition) is 1. The van der Waals surface area contributed by atoms with Gasteiger partial charge in [0, 0.05) is 12.8 Å². The van der Waals surface area contributed by atoms with Crippen molar-refractivity contribution < 1.29 is 13.2 Å². The van der Waals surface area contributed by atoms with Gasteiger partial charge in [0.25, 0.3) is 0 Å². The zero-order valence-electron chi connectivity index (χ0n) is 9.45. The van der Waals surface area contributed by atoms with Crippen LogP contribution in [-0.2, 0) is 14.6 Å². The van der Waals surface area contributed by atoms with Crippen LogP contribution in [0.25, 0.3) is 0 Å². The topological polar surface area (TPSA) is 63.2 Å². The Kier molecular flexibility index (Phi) is 5.59. The van der Waals surface area contributed by atoms with Crippen molar-refractivity contribution in [1.29, 1.82) is 0 Å².